The first-order valence-corrected chi connectivity index (χ1v) is 4.03. The quantitative estimate of drug-likeness (QED) is 0.285. The van der Waals surface area contributed by atoms with E-state index in [2.05, 4.69) is 10.1 Å². The summed E-state index contributed by atoms with van der Waals surface area (Å²) in [6.45, 7) is 4.86. The molecule has 4 heteroatoms. The Morgan fingerprint density at radius 1 is 1.50 bits per heavy atom. The fourth-order valence-corrected chi connectivity index (χ4v) is 0.767. The second-order valence-electron chi connectivity index (χ2n) is 3.92. The SMILES string of the molecule is CN(C)CCC(C)(C)C(N)=NO. The van der Waals surface area contributed by atoms with Gasteiger partial charge in [-0.25, -0.2) is 0 Å². The summed E-state index contributed by atoms with van der Waals surface area (Å²) in [7, 11) is 4.00. The van der Waals surface area contributed by atoms with Crippen LogP contribution in [0.3, 0.4) is 0 Å². The third-order valence-corrected chi connectivity index (χ3v) is 1.99. The monoisotopic (exact) mass is 173 g/mol. The van der Waals surface area contributed by atoms with Crippen LogP contribution in [0, 0.1) is 5.41 Å². The Morgan fingerprint density at radius 3 is 2.33 bits per heavy atom. The minimum atomic E-state index is -0.223. The summed E-state index contributed by atoms with van der Waals surface area (Å²) < 4.78 is 0. The van der Waals surface area contributed by atoms with E-state index in [0.717, 1.165) is 13.0 Å². The molecule has 0 spiro atoms. The van der Waals surface area contributed by atoms with Crippen LogP contribution >= 0.6 is 0 Å². The molecule has 0 aliphatic rings. The predicted molar refractivity (Wildman–Crippen MR) is 50.4 cm³/mol. The summed E-state index contributed by atoms with van der Waals surface area (Å²) in [6, 6.07) is 0. The van der Waals surface area contributed by atoms with Crippen LogP contribution < -0.4 is 5.73 Å². The number of hydrogen-bond donors (Lipinski definition) is 2. The zero-order valence-electron chi connectivity index (χ0n) is 8.33. The highest BCUT2D eigenvalue weighted by atomic mass is 16.4. The number of hydrogen-bond acceptors (Lipinski definition) is 3. The molecule has 0 amide bonds. The first-order chi connectivity index (χ1) is 5.40. The van der Waals surface area contributed by atoms with Gasteiger partial charge in [0.15, 0.2) is 0 Å². The Morgan fingerprint density at radius 2 is 2.00 bits per heavy atom. The van der Waals surface area contributed by atoms with E-state index in [4.69, 9.17) is 10.9 Å². The van der Waals surface area contributed by atoms with E-state index in [0.29, 0.717) is 5.84 Å². The summed E-state index contributed by atoms with van der Waals surface area (Å²) in [4.78, 5) is 2.08. The van der Waals surface area contributed by atoms with Gasteiger partial charge in [0.2, 0.25) is 0 Å². The van der Waals surface area contributed by atoms with Crippen molar-refractivity contribution in [3.63, 3.8) is 0 Å². The van der Waals surface area contributed by atoms with Crippen LogP contribution in [-0.2, 0) is 0 Å². The number of amidine groups is 1. The van der Waals surface area contributed by atoms with Gasteiger partial charge in [-0.3, -0.25) is 0 Å². The molecule has 0 radical (unpaired) electrons. The second-order valence-corrected chi connectivity index (χ2v) is 3.92. The Hall–Kier alpha value is -0.770. The van der Waals surface area contributed by atoms with Crippen molar-refractivity contribution in [3.05, 3.63) is 0 Å². The standard InChI is InChI=1S/C8H19N3O/c1-8(2,7(9)10-12)5-6-11(3)4/h12H,5-6H2,1-4H3,(H2,9,10). The molecule has 0 saturated heterocycles. The zero-order valence-corrected chi connectivity index (χ0v) is 8.33. The van der Waals surface area contributed by atoms with Gasteiger partial charge in [-0.1, -0.05) is 19.0 Å². The van der Waals surface area contributed by atoms with Crippen LogP contribution in [0.5, 0.6) is 0 Å². The normalized spacial score (nSPS) is 13.9. The first kappa shape index (κ1) is 11.2. The molecule has 0 atom stereocenters. The number of nitrogens with zero attached hydrogens (tertiary/aromatic N) is 2. The zero-order chi connectivity index (χ0) is 9.78. The smallest absolute Gasteiger partial charge is 0.144 e. The highest BCUT2D eigenvalue weighted by molar-refractivity contribution is 5.85. The highest BCUT2D eigenvalue weighted by Gasteiger charge is 2.23. The lowest BCUT2D eigenvalue weighted by atomic mass is 9.88. The lowest BCUT2D eigenvalue weighted by Crippen LogP contribution is -2.34. The van der Waals surface area contributed by atoms with Gasteiger partial charge in [-0.15, -0.1) is 0 Å². The molecule has 0 heterocycles. The summed E-state index contributed by atoms with van der Waals surface area (Å²) in [5, 5.41) is 11.5. The number of nitrogens with two attached hydrogens (primary N) is 1. The molecule has 72 valence electrons. The third kappa shape index (κ3) is 3.57. The molecule has 0 bridgehead atoms. The van der Waals surface area contributed by atoms with Gasteiger partial charge in [-0.2, -0.15) is 0 Å². The fraction of sp³-hybridized carbons (Fsp3) is 0.875. The van der Waals surface area contributed by atoms with E-state index >= 15 is 0 Å². The minimum Gasteiger partial charge on any atom is -0.409 e. The van der Waals surface area contributed by atoms with Crippen molar-refractivity contribution in [2.24, 2.45) is 16.3 Å². The molecular weight excluding hydrogens is 154 g/mol. The first-order valence-electron chi connectivity index (χ1n) is 4.03. The molecule has 12 heavy (non-hydrogen) atoms. The maximum atomic E-state index is 8.48. The summed E-state index contributed by atoms with van der Waals surface area (Å²) >= 11 is 0. The lowest BCUT2D eigenvalue weighted by molar-refractivity contribution is 0.295. The molecule has 0 aromatic rings. The van der Waals surface area contributed by atoms with E-state index < -0.39 is 0 Å². The largest absolute Gasteiger partial charge is 0.409 e. The van der Waals surface area contributed by atoms with Crippen LogP contribution in [0.2, 0.25) is 0 Å². The van der Waals surface area contributed by atoms with Crippen molar-refractivity contribution in [3.8, 4) is 0 Å². The molecule has 3 N–H and O–H groups in total. The molecule has 0 aromatic heterocycles. The predicted octanol–water partition coefficient (Wildman–Crippen LogP) is 0.711. The van der Waals surface area contributed by atoms with Crippen molar-refractivity contribution in [2.45, 2.75) is 20.3 Å². The van der Waals surface area contributed by atoms with Gasteiger partial charge in [0.1, 0.15) is 5.84 Å². The molecule has 0 unspecified atom stereocenters. The Balaban J connectivity index is 4.04. The summed E-state index contributed by atoms with van der Waals surface area (Å²) in [5.41, 5.74) is 5.30. The topological polar surface area (TPSA) is 61.8 Å². The molecule has 0 aliphatic heterocycles. The van der Waals surface area contributed by atoms with E-state index in [1.807, 2.05) is 27.9 Å². The molecular formula is C8H19N3O. The Labute approximate surface area is 74.0 Å². The van der Waals surface area contributed by atoms with Crippen molar-refractivity contribution >= 4 is 5.84 Å². The summed E-state index contributed by atoms with van der Waals surface area (Å²) in [6.07, 6.45) is 0.885. The Kier molecular flexibility index (Phi) is 4.03. The highest BCUT2D eigenvalue weighted by Crippen LogP contribution is 2.20. The molecule has 0 saturated carbocycles. The number of oxime groups is 1. The maximum Gasteiger partial charge on any atom is 0.144 e. The van der Waals surface area contributed by atoms with E-state index in [-0.39, 0.29) is 5.41 Å². The van der Waals surface area contributed by atoms with Crippen molar-refractivity contribution in [2.75, 3.05) is 20.6 Å². The molecule has 0 fully saturated rings. The molecule has 0 aliphatic carbocycles. The van der Waals surface area contributed by atoms with Crippen LogP contribution in [0.15, 0.2) is 5.16 Å². The van der Waals surface area contributed by atoms with Gasteiger partial charge < -0.3 is 15.8 Å². The average molecular weight is 173 g/mol. The van der Waals surface area contributed by atoms with E-state index in [9.17, 15) is 0 Å². The van der Waals surface area contributed by atoms with Gasteiger partial charge in [0.25, 0.3) is 0 Å². The van der Waals surface area contributed by atoms with Gasteiger partial charge in [0.05, 0.1) is 0 Å². The lowest BCUT2D eigenvalue weighted by Gasteiger charge is -2.24. The summed E-state index contributed by atoms with van der Waals surface area (Å²) in [5.74, 6) is 0.296. The van der Waals surface area contributed by atoms with Crippen LogP contribution in [0.25, 0.3) is 0 Å². The van der Waals surface area contributed by atoms with Crippen molar-refractivity contribution < 1.29 is 5.21 Å². The fourth-order valence-electron chi connectivity index (χ4n) is 0.767. The van der Waals surface area contributed by atoms with Crippen molar-refractivity contribution in [1.82, 2.24) is 4.90 Å². The van der Waals surface area contributed by atoms with Crippen molar-refractivity contribution in [1.29, 1.82) is 0 Å². The molecule has 4 nitrogen and oxygen atoms in total. The Bertz CT molecular complexity index is 164. The van der Waals surface area contributed by atoms with Gasteiger partial charge >= 0.3 is 0 Å². The molecule has 0 aromatic carbocycles. The van der Waals surface area contributed by atoms with Crippen LogP contribution in [0.4, 0.5) is 0 Å². The van der Waals surface area contributed by atoms with E-state index in [1.54, 1.807) is 0 Å². The average Bonchev–Trinajstić information content (AvgIpc) is 1.99. The van der Waals surface area contributed by atoms with Gasteiger partial charge in [-0.05, 0) is 27.1 Å². The van der Waals surface area contributed by atoms with E-state index in [1.165, 1.54) is 0 Å². The maximum absolute atomic E-state index is 8.48. The third-order valence-electron chi connectivity index (χ3n) is 1.99. The van der Waals surface area contributed by atoms with Gasteiger partial charge in [0, 0.05) is 5.41 Å². The van der Waals surface area contributed by atoms with Crippen LogP contribution in [0.1, 0.15) is 20.3 Å². The van der Waals surface area contributed by atoms with Crippen LogP contribution in [-0.4, -0.2) is 36.6 Å². The minimum absolute atomic E-state index is 0.223. The number of rotatable bonds is 4. The second kappa shape index (κ2) is 4.30. The molecule has 0 rings (SSSR count).